The van der Waals surface area contributed by atoms with E-state index in [1.807, 2.05) is 6.92 Å². The van der Waals surface area contributed by atoms with Crippen molar-refractivity contribution in [2.24, 2.45) is 0 Å². The molecule has 0 unspecified atom stereocenters. The third-order valence-electron chi connectivity index (χ3n) is 2.60. The van der Waals surface area contributed by atoms with E-state index in [0.29, 0.717) is 5.82 Å². The van der Waals surface area contributed by atoms with E-state index in [-0.39, 0.29) is 0 Å². The van der Waals surface area contributed by atoms with Crippen molar-refractivity contribution in [2.45, 2.75) is 46.0 Å². The maximum absolute atomic E-state index is 11.0. The molecule has 0 saturated carbocycles. The maximum Gasteiger partial charge on any atom is 0.316 e. The molecule has 4 heteroatoms. The fourth-order valence-electron chi connectivity index (χ4n) is 1.37. The normalized spacial score (nSPS) is 11.7. The molecule has 0 spiro atoms. The second kappa shape index (κ2) is 4.04. The van der Waals surface area contributed by atoms with E-state index in [1.165, 1.54) is 0 Å². The molecular weight excluding hydrogens is 192 g/mol. The predicted molar refractivity (Wildman–Crippen MR) is 58.0 cm³/mol. The van der Waals surface area contributed by atoms with Crippen LogP contribution in [0.15, 0.2) is 0 Å². The topological polar surface area (TPSA) is 66.0 Å². The summed E-state index contributed by atoms with van der Waals surface area (Å²) in [6, 6.07) is 0. The van der Waals surface area contributed by atoms with Gasteiger partial charge in [0.1, 0.15) is 11.2 Å². The Morgan fingerprint density at radius 3 is 2.60 bits per heavy atom. The second-order valence-corrected chi connectivity index (χ2v) is 4.34. The van der Waals surface area contributed by atoms with Gasteiger partial charge in [-0.25, -0.2) is 4.98 Å². The van der Waals surface area contributed by atoms with Crippen molar-refractivity contribution in [3.8, 4) is 0 Å². The Morgan fingerprint density at radius 1 is 1.53 bits per heavy atom. The lowest BCUT2D eigenvalue weighted by atomic mass is 9.93. The minimum Gasteiger partial charge on any atom is -0.481 e. The van der Waals surface area contributed by atoms with Gasteiger partial charge in [0.2, 0.25) is 0 Å². The van der Waals surface area contributed by atoms with Crippen molar-refractivity contribution in [1.82, 2.24) is 9.97 Å². The monoisotopic (exact) mass is 210 g/mol. The second-order valence-electron chi connectivity index (χ2n) is 4.34. The number of imidazole rings is 1. The molecule has 1 heterocycles. The summed E-state index contributed by atoms with van der Waals surface area (Å²) in [6.45, 7) is 7.32. The highest BCUT2D eigenvalue weighted by molar-refractivity contribution is 5.79. The Labute approximate surface area is 89.7 Å². The Bertz CT molecular complexity index is 367. The fourth-order valence-corrected chi connectivity index (χ4v) is 1.37. The standard InChI is InChI=1S/C11H18N2O2/c1-5-6-8-7(2)12-9(13-8)11(3,4)10(14)15/h5-6H2,1-4H3,(H,12,13)(H,14,15). The molecule has 0 aliphatic rings. The van der Waals surface area contributed by atoms with E-state index >= 15 is 0 Å². The fraction of sp³-hybridized carbons (Fsp3) is 0.636. The zero-order valence-electron chi connectivity index (χ0n) is 9.72. The molecule has 0 saturated heterocycles. The molecule has 1 aromatic heterocycles. The first kappa shape index (κ1) is 11.8. The maximum atomic E-state index is 11.0. The van der Waals surface area contributed by atoms with E-state index in [2.05, 4.69) is 16.9 Å². The summed E-state index contributed by atoms with van der Waals surface area (Å²) in [5.74, 6) is -0.324. The van der Waals surface area contributed by atoms with Gasteiger partial charge >= 0.3 is 5.97 Å². The number of aromatic amines is 1. The van der Waals surface area contributed by atoms with Crippen LogP contribution in [-0.4, -0.2) is 21.0 Å². The largest absolute Gasteiger partial charge is 0.481 e. The molecule has 0 atom stereocenters. The van der Waals surface area contributed by atoms with Crippen LogP contribution < -0.4 is 0 Å². The van der Waals surface area contributed by atoms with Gasteiger partial charge in [-0.05, 0) is 27.2 Å². The van der Waals surface area contributed by atoms with Gasteiger partial charge < -0.3 is 10.1 Å². The van der Waals surface area contributed by atoms with Crippen molar-refractivity contribution in [3.63, 3.8) is 0 Å². The third-order valence-corrected chi connectivity index (χ3v) is 2.60. The molecule has 0 radical (unpaired) electrons. The number of hydrogen-bond acceptors (Lipinski definition) is 2. The Hall–Kier alpha value is -1.32. The molecule has 84 valence electrons. The number of aliphatic carboxylic acids is 1. The van der Waals surface area contributed by atoms with Gasteiger partial charge in [-0.3, -0.25) is 4.79 Å². The molecule has 0 amide bonds. The number of carboxylic acid groups (broad SMARTS) is 1. The van der Waals surface area contributed by atoms with E-state index in [0.717, 1.165) is 24.2 Å². The number of carboxylic acids is 1. The minimum atomic E-state index is -0.948. The van der Waals surface area contributed by atoms with Crippen LogP contribution >= 0.6 is 0 Å². The molecule has 0 aliphatic heterocycles. The van der Waals surface area contributed by atoms with Gasteiger partial charge in [-0.2, -0.15) is 0 Å². The molecule has 2 N–H and O–H groups in total. The first-order chi connectivity index (χ1) is 6.89. The van der Waals surface area contributed by atoms with Crippen molar-refractivity contribution >= 4 is 5.97 Å². The van der Waals surface area contributed by atoms with Crippen LogP contribution in [0.4, 0.5) is 0 Å². The van der Waals surface area contributed by atoms with E-state index in [4.69, 9.17) is 5.11 Å². The minimum absolute atomic E-state index is 0.538. The van der Waals surface area contributed by atoms with Gasteiger partial charge in [-0.15, -0.1) is 0 Å². The zero-order chi connectivity index (χ0) is 11.6. The van der Waals surface area contributed by atoms with Gasteiger partial charge in [0, 0.05) is 5.69 Å². The smallest absolute Gasteiger partial charge is 0.316 e. The first-order valence-corrected chi connectivity index (χ1v) is 5.19. The van der Waals surface area contributed by atoms with Crippen molar-refractivity contribution in [3.05, 3.63) is 17.2 Å². The van der Waals surface area contributed by atoms with Crippen molar-refractivity contribution in [2.75, 3.05) is 0 Å². The van der Waals surface area contributed by atoms with Crippen LogP contribution in [0.3, 0.4) is 0 Å². The van der Waals surface area contributed by atoms with Crippen LogP contribution in [0.2, 0.25) is 0 Å². The zero-order valence-corrected chi connectivity index (χ0v) is 9.72. The molecule has 0 aliphatic carbocycles. The van der Waals surface area contributed by atoms with Gasteiger partial charge in [0.15, 0.2) is 0 Å². The van der Waals surface area contributed by atoms with Crippen LogP contribution in [0.25, 0.3) is 0 Å². The Kier molecular flexibility index (Phi) is 3.17. The lowest BCUT2D eigenvalue weighted by Gasteiger charge is -2.15. The summed E-state index contributed by atoms with van der Waals surface area (Å²) < 4.78 is 0. The molecule has 0 fully saturated rings. The number of nitrogens with one attached hydrogen (secondary N) is 1. The average Bonchev–Trinajstić information content (AvgIpc) is 2.49. The van der Waals surface area contributed by atoms with Crippen LogP contribution in [-0.2, 0) is 16.6 Å². The summed E-state index contributed by atoms with van der Waals surface area (Å²) >= 11 is 0. The van der Waals surface area contributed by atoms with E-state index in [1.54, 1.807) is 13.8 Å². The number of hydrogen-bond donors (Lipinski definition) is 2. The summed E-state index contributed by atoms with van der Waals surface area (Å²) in [5, 5.41) is 9.06. The van der Waals surface area contributed by atoms with Gasteiger partial charge in [0.05, 0.1) is 5.69 Å². The third kappa shape index (κ3) is 2.19. The number of carbonyl (C=O) groups is 1. The summed E-state index contributed by atoms with van der Waals surface area (Å²) in [4.78, 5) is 18.5. The Morgan fingerprint density at radius 2 is 2.13 bits per heavy atom. The number of rotatable bonds is 4. The van der Waals surface area contributed by atoms with Gasteiger partial charge in [-0.1, -0.05) is 13.3 Å². The highest BCUT2D eigenvalue weighted by atomic mass is 16.4. The molecule has 0 aromatic carbocycles. The average molecular weight is 210 g/mol. The predicted octanol–water partition coefficient (Wildman–Crippen LogP) is 2.03. The summed E-state index contributed by atoms with van der Waals surface area (Å²) in [7, 11) is 0. The molecule has 4 nitrogen and oxygen atoms in total. The number of aryl methyl sites for hydroxylation is 2. The number of H-pyrrole nitrogens is 1. The molecule has 1 aromatic rings. The lowest BCUT2D eigenvalue weighted by molar-refractivity contribution is -0.142. The SMILES string of the molecule is CCCc1nc(C(C)(C)C(=O)O)[nH]c1C. The van der Waals surface area contributed by atoms with Gasteiger partial charge in [0.25, 0.3) is 0 Å². The molecular formula is C11H18N2O2. The lowest BCUT2D eigenvalue weighted by Crippen LogP contribution is -2.29. The number of nitrogens with zero attached hydrogens (tertiary/aromatic N) is 1. The first-order valence-electron chi connectivity index (χ1n) is 5.19. The summed E-state index contributed by atoms with van der Waals surface area (Å²) in [5.41, 5.74) is 1.000. The molecule has 0 bridgehead atoms. The van der Waals surface area contributed by atoms with Crippen molar-refractivity contribution < 1.29 is 9.90 Å². The van der Waals surface area contributed by atoms with Crippen LogP contribution in [0.1, 0.15) is 44.4 Å². The van der Waals surface area contributed by atoms with Crippen molar-refractivity contribution in [1.29, 1.82) is 0 Å². The van der Waals surface area contributed by atoms with Crippen LogP contribution in [0.5, 0.6) is 0 Å². The van der Waals surface area contributed by atoms with E-state index < -0.39 is 11.4 Å². The number of aromatic nitrogens is 2. The molecule has 1 rings (SSSR count). The highest BCUT2D eigenvalue weighted by Gasteiger charge is 2.33. The Balaban J connectivity index is 3.06. The van der Waals surface area contributed by atoms with Crippen LogP contribution in [0, 0.1) is 6.92 Å². The van der Waals surface area contributed by atoms with E-state index in [9.17, 15) is 4.79 Å². The highest BCUT2D eigenvalue weighted by Crippen LogP contribution is 2.22. The quantitative estimate of drug-likeness (QED) is 0.799. The molecule has 15 heavy (non-hydrogen) atoms. The summed E-state index contributed by atoms with van der Waals surface area (Å²) in [6.07, 6.45) is 1.90.